The Labute approximate surface area is 237 Å². The molecule has 0 heterocycles. The van der Waals surface area contributed by atoms with Crippen LogP contribution in [0.15, 0.2) is 78.9 Å². The number of ketones is 1. The van der Waals surface area contributed by atoms with Crippen LogP contribution in [-0.2, 0) is 29.4 Å². The first-order chi connectivity index (χ1) is 19.1. The van der Waals surface area contributed by atoms with Crippen molar-refractivity contribution >= 4 is 17.7 Å². The molecule has 0 aromatic heterocycles. The van der Waals surface area contributed by atoms with E-state index in [1.54, 1.807) is 20.8 Å². The standard InChI is InChI=1S/C34H39NO5/c1-6-7-21-30(36)26(31(37)39-5)22-29(32(38)40-33(2,3)4)35-34(23-15-9-8-10-16-23)27-19-13-11-17-24(27)25-18-12-14-20-28(25)34/h8-20,26,29,35H,6-7,21-22H2,1-5H3/t26?,29-/m0/s1. The quantitative estimate of drug-likeness (QED) is 0.230. The maximum atomic E-state index is 13.9. The molecular formula is C34H39NO5. The summed E-state index contributed by atoms with van der Waals surface area (Å²) >= 11 is 0. The lowest BCUT2D eigenvalue weighted by Gasteiger charge is -2.38. The van der Waals surface area contributed by atoms with Gasteiger partial charge in [-0.1, -0.05) is 92.2 Å². The maximum absolute atomic E-state index is 13.9. The van der Waals surface area contributed by atoms with Crippen molar-refractivity contribution in [2.24, 2.45) is 5.92 Å². The van der Waals surface area contributed by atoms with Gasteiger partial charge < -0.3 is 9.47 Å². The van der Waals surface area contributed by atoms with Gasteiger partial charge in [0.2, 0.25) is 0 Å². The number of rotatable bonds is 11. The fraction of sp³-hybridized carbons (Fsp3) is 0.382. The van der Waals surface area contributed by atoms with Crippen molar-refractivity contribution in [1.29, 1.82) is 0 Å². The zero-order chi connectivity index (χ0) is 28.9. The van der Waals surface area contributed by atoms with E-state index in [-0.39, 0.29) is 18.6 Å². The number of hydrogen-bond donors (Lipinski definition) is 1. The second kappa shape index (κ2) is 12.2. The Balaban J connectivity index is 1.89. The smallest absolute Gasteiger partial charge is 0.323 e. The van der Waals surface area contributed by atoms with Gasteiger partial charge in [0.25, 0.3) is 0 Å². The second-order valence-electron chi connectivity index (χ2n) is 11.3. The Hall–Kier alpha value is -3.77. The summed E-state index contributed by atoms with van der Waals surface area (Å²) in [5.41, 5.74) is 3.33. The molecule has 1 unspecified atom stereocenters. The SMILES string of the molecule is CCCCC(=O)C(C[C@H](NC1(c2ccccc2)c2ccccc2-c2ccccc21)C(=O)OC(C)(C)C)C(=O)OC. The molecule has 0 saturated carbocycles. The van der Waals surface area contributed by atoms with Crippen molar-refractivity contribution in [3.05, 3.63) is 95.6 Å². The van der Waals surface area contributed by atoms with Gasteiger partial charge in [0.05, 0.1) is 12.6 Å². The monoisotopic (exact) mass is 541 g/mol. The van der Waals surface area contributed by atoms with Gasteiger partial charge >= 0.3 is 11.9 Å². The predicted molar refractivity (Wildman–Crippen MR) is 156 cm³/mol. The number of carbonyl (C=O) groups excluding carboxylic acids is 3. The molecule has 0 spiro atoms. The van der Waals surface area contributed by atoms with Crippen LogP contribution in [0, 0.1) is 5.92 Å². The Morgan fingerprint density at radius 3 is 1.90 bits per heavy atom. The van der Waals surface area contributed by atoms with Crippen LogP contribution >= 0.6 is 0 Å². The molecule has 1 aliphatic carbocycles. The number of unbranched alkanes of at least 4 members (excludes halogenated alkanes) is 1. The summed E-state index contributed by atoms with van der Waals surface area (Å²) in [4.78, 5) is 40.0. The van der Waals surface area contributed by atoms with Gasteiger partial charge in [0.15, 0.2) is 0 Å². The lowest BCUT2D eigenvalue weighted by Crippen LogP contribution is -2.54. The zero-order valence-electron chi connectivity index (χ0n) is 24.0. The molecular weight excluding hydrogens is 502 g/mol. The molecule has 0 amide bonds. The van der Waals surface area contributed by atoms with E-state index in [9.17, 15) is 14.4 Å². The van der Waals surface area contributed by atoms with E-state index in [1.807, 2.05) is 61.5 Å². The van der Waals surface area contributed by atoms with Crippen molar-refractivity contribution in [2.45, 2.75) is 70.6 Å². The second-order valence-corrected chi connectivity index (χ2v) is 11.3. The number of esters is 2. The number of hydrogen-bond acceptors (Lipinski definition) is 6. The highest BCUT2D eigenvalue weighted by Crippen LogP contribution is 2.51. The van der Waals surface area contributed by atoms with Gasteiger partial charge in [0.1, 0.15) is 23.3 Å². The fourth-order valence-corrected chi connectivity index (χ4v) is 5.58. The number of benzene rings is 3. The van der Waals surface area contributed by atoms with E-state index >= 15 is 0 Å². The van der Waals surface area contributed by atoms with Crippen LogP contribution in [0.4, 0.5) is 0 Å². The van der Waals surface area contributed by atoms with Gasteiger partial charge in [-0.05, 0) is 61.4 Å². The molecule has 3 aromatic carbocycles. The van der Waals surface area contributed by atoms with Crippen molar-refractivity contribution in [1.82, 2.24) is 5.32 Å². The van der Waals surface area contributed by atoms with Crippen molar-refractivity contribution in [2.75, 3.05) is 7.11 Å². The minimum absolute atomic E-state index is 0.0803. The van der Waals surface area contributed by atoms with E-state index in [0.717, 1.165) is 34.2 Å². The van der Waals surface area contributed by atoms with Crippen LogP contribution in [0.2, 0.25) is 0 Å². The molecule has 210 valence electrons. The molecule has 0 saturated heterocycles. The largest absolute Gasteiger partial charge is 0.468 e. The van der Waals surface area contributed by atoms with Gasteiger partial charge in [0, 0.05) is 6.42 Å². The molecule has 2 atom stereocenters. The Morgan fingerprint density at radius 2 is 1.38 bits per heavy atom. The number of Topliss-reactive ketones (excluding diaryl/α,β-unsaturated/α-hetero) is 1. The molecule has 4 rings (SSSR count). The number of ether oxygens (including phenoxy) is 2. The van der Waals surface area contributed by atoms with Gasteiger partial charge in [-0.3, -0.25) is 19.7 Å². The van der Waals surface area contributed by atoms with Crippen molar-refractivity contribution < 1.29 is 23.9 Å². The highest BCUT2D eigenvalue weighted by Gasteiger charge is 2.48. The van der Waals surface area contributed by atoms with E-state index in [1.165, 1.54) is 7.11 Å². The minimum atomic E-state index is -1.10. The third kappa shape index (κ3) is 5.87. The molecule has 3 aromatic rings. The van der Waals surface area contributed by atoms with Gasteiger partial charge in [-0.15, -0.1) is 0 Å². The molecule has 6 nitrogen and oxygen atoms in total. The molecule has 1 N–H and O–H groups in total. The summed E-state index contributed by atoms with van der Waals surface area (Å²) in [6.45, 7) is 7.40. The highest BCUT2D eigenvalue weighted by atomic mass is 16.6. The first kappa shape index (κ1) is 29.2. The summed E-state index contributed by atoms with van der Waals surface area (Å²) in [6.07, 6.45) is 1.64. The number of methoxy groups -OCH3 is 1. The highest BCUT2D eigenvalue weighted by molar-refractivity contribution is 5.99. The number of carbonyl (C=O) groups is 3. The Bertz CT molecular complexity index is 1310. The van der Waals surface area contributed by atoms with Crippen LogP contribution in [0.1, 0.15) is 70.1 Å². The Morgan fingerprint density at radius 1 is 0.825 bits per heavy atom. The lowest BCUT2D eigenvalue weighted by molar-refractivity contribution is -0.159. The van der Waals surface area contributed by atoms with Crippen molar-refractivity contribution in [3.8, 4) is 11.1 Å². The maximum Gasteiger partial charge on any atom is 0.323 e. The molecule has 0 radical (unpaired) electrons. The first-order valence-electron chi connectivity index (χ1n) is 14.0. The molecule has 0 fully saturated rings. The third-order valence-corrected chi connectivity index (χ3v) is 7.36. The van der Waals surface area contributed by atoms with Gasteiger partial charge in [-0.25, -0.2) is 0 Å². The predicted octanol–water partition coefficient (Wildman–Crippen LogP) is 6.20. The normalized spacial score (nSPS) is 14.9. The van der Waals surface area contributed by atoms with Crippen LogP contribution in [-0.4, -0.2) is 36.5 Å². The summed E-state index contributed by atoms with van der Waals surface area (Å²) < 4.78 is 10.9. The number of nitrogens with one attached hydrogen (secondary N) is 1. The Kier molecular flexibility index (Phi) is 8.89. The lowest BCUT2D eigenvalue weighted by atomic mass is 9.79. The average molecular weight is 542 g/mol. The topological polar surface area (TPSA) is 81.7 Å². The third-order valence-electron chi connectivity index (χ3n) is 7.36. The van der Waals surface area contributed by atoms with Crippen LogP contribution in [0.25, 0.3) is 11.1 Å². The summed E-state index contributed by atoms with van der Waals surface area (Å²) in [5, 5.41) is 3.67. The molecule has 0 aliphatic heterocycles. The van der Waals surface area contributed by atoms with Crippen LogP contribution in [0.3, 0.4) is 0 Å². The van der Waals surface area contributed by atoms with Crippen LogP contribution in [0.5, 0.6) is 0 Å². The molecule has 6 heteroatoms. The molecule has 0 bridgehead atoms. The zero-order valence-corrected chi connectivity index (χ0v) is 24.0. The fourth-order valence-electron chi connectivity index (χ4n) is 5.58. The molecule has 40 heavy (non-hydrogen) atoms. The summed E-state index contributed by atoms with van der Waals surface area (Å²) in [5.74, 6) is -2.49. The van der Waals surface area contributed by atoms with E-state index in [2.05, 4.69) is 29.6 Å². The van der Waals surface area contributed by atoms with E-state index < -0.39 is 35.0 Å². The molecule has 1 aliphatic rings. The van der Waals surface area contributed by atoms with Crippen molar-refractivity contribution in [3.63, 3.8) is 0 Å². The van der Waals surface area contributed by atoms with E-state index in [0.29, 0.717) is 6.42 Å². The van der Waals surface area contributed by atoms with Crippen LogP contribution < -0.4 is 5.32 Å². The van der Waals surface area contributed by atoms with Gasteiger partial charge in [-0.2, -0.15) is 0 Å². The average Bonchev–Trinajstić information content (AvgIpc) is 3.23. The first-order valence-corrected chi connectivity index (χ1v) is 14.0. The summed E-state index contributed by atoms with van der Waals surface area (Å²) in [7, 11) is 1.27. The summed E-state index contributed by atoms with van der Waals surface area (Å²) in [6, 6.07) is 25.2. The van der Waals surface area contributed by atoms with E-state index in [4.69, 9.17) is 9.47 Å². The number of fused-ring (bicyclic) bond motifs is 3. The minimum Gasteiger partial charge on any atom is -0.468 e.